The SMILES string of the molecule is CCOc1ccccc1N(CC(=O)Nc1ccc(S(=O)(=O)Nc2ccc(C)c(Cl)c2)cc1)S(=O)(=O)c1ccc(Cl)cc1. The number of anilines is 3. The fourth-order valence-electron chi connectivity index (χ4n) is 3.89. The Morgan fingerprint density at radius 3 is 2.10 bits per heavy atom. The van der Waals surface area contributed by atoms with Gasteiger partial charge in [-0.15, -0.1) is 0 Å². The van der Waals surface area contributed by atoms with Crippen LogP contribution in [0.3, 0.4) is 0 Å². The summed E-state index contributed by atoms with van der Waals surface area (Å²) in [7, 11) is -8.16. The van der Waals surface area contributed by atoms with Gasteiger partial charge < -0.3 is 10.1 Å². The summed E-state index contributed by atoms with van der Waals surface area (Å²) in [6, 6.07) is 22.3. The molecule has 0 bridgehead atoms. The minimum absolute atomic E-state index is 0.0465. The first-order valence-electron chi connectivity index (χ1n) is 12.6. The molecule has 0 spiro atoms. The Labute approximate surface area is 255 Å². The van der Waals surface area contributed by atoms with Gasteiger partial charge in [0.1, 0.15) is 12.3 Å². The quantitative estimate of drug-likeness (QED) is 0.196. The van der Waals surface area contributed by atoms with Crippen molar-refractivity contribution in [2.24, 2.45) is 0 Å². The van der Waals surface area contributed by atoms with E-state index in [4.69, 9.17) is 27.9 Å². The van der Waals surface area contributed by atoms with E-state index in [0.717, 1.165) is 9.87 Å². The van der Waals surface area contributed by atoms with E-state index in [1.165, 1.54) is 54.6 Å². The van der Waals surface area contributed by atoms with Crippen molar-refractivity contribution in [1.29, 1.82) is 0 Å². The number of benzene rings is 4. The number of hydrogen-bond acceptors (Lipinski definition) is 6. The third-order valence-corrected chi connectivity index (χ3v) is 9.83. The Morgan fingerprint density at radius 2 is 1.45 bits per heavy atom. The maximum atomic E-state index is 13.7. The van der Waals surface area contributed by atoms with E-state index in [0.29, 0.717) is 15.7 Å². The Hall–Kier alpha value is -3.77. The molecular weight excluding hydrogens is 621 g/mol. The Bertz CT molecular complexity index is 1800. The van der Waals surface area contributed by atoms with Crippen molar-refractivity contribution in [2.75, 3.05) is 27.5 Å². The second-order valence-corrected chi connectivity index (χ2v) is 13.4. The molecule has 1 amide bonds. The van der Waals surface area contributed by atoms with Crippen molar-refractivity contribution in [1.82, 2.24) is 0 Å². The van der Waals surface area contributed by atoms with E-state index in [1.807, 2.05) is 0 Å². The van der Waals surface area contributed by atoms with E-state index in [9.17, 15) is 21.6 Å². The maximum Gasteiger partial charge on any atom is 0.264 e. The Kier molecular flexibility index (Phi) is 9.67. The molecule has 4 aromatic rings. The predicted molar refractivity (Wildman–Crippen MR) is 166 cm³/mol. The lowest BCUT2D eigenvalue weighted by atomic mass is 10.2. The zero-order chi connectivity index (χ0) is 30.5. The topological polar surface area (TPSA) is 122 Å². The van der Waals surface area contributed by atoms with E-state index < -0.39 is 32.5 Å². The first-order chi connectivity index (χ1) is 19.9. The zero-order valence-corrected chi connectivity index (χ0v) is 25.7. The number of sulfonamides is 2. The fourth-order valence-corrected chi connectivity index (χ4v) is 6.68. The van der Waals surface area contributed by atoms with Crippen LogP contribution in [0.25, 0.3) is 0 Å². The lowest BCUT2D eigenvalue weighted by Gasteiger charge is -2.26. The van der Waals surface area contributed by atoms with Crippen LogP contribution in [0.2, 0.25) is 10.0 Å². The Morgan fingerprint density at radius 1 is 0.833 bits per heavy atom. The molecule has 220 valence electrons. The summed E-state index contributed by atoms with van der Waals surface area (Å²) in [5.41, 5.74) is 1.55. The Balaban J connectivity index is 1.56. The lowest BCUT2D eigenvalue weighted by Crippen LogP contribution is -2.38. The van der Waals surface area contributed by atoms with Crippen LogP contribution in [0, 0.1) is 6.92 Å². The zero-order valence-electron chi connectivity index (χ0n) is 22.5. The molecule has 0 aromatic heterocycles. The number of para-hydroxylation sites is 2. The van der Waals surface area contributed by atoms with Crippen LogP contribution in [0.1, 0.15) is 12.5 Å². The largest absolute Gasteiger partial charge is 0.492 e. The number of carbonyl (C=O) groups excluding carboxylic acids is 1. The second kappa shape index (κ2) is 13.0. The minimum atomic E-state index is -4.22. The first kappa shape index (κ1) is 31.2. The average molecular weight is 649 g/mol. The summed E-state index contributed by atoms with van der Waals surface area (Å²) < 4.78 is 62.2. The molecule has 0 saturated carbocycles. The number of nitrogens with zero attached hydrogens (tertiary/aromatic N) is 1. The van der Waals surface area contributed by atoms with Gasteiger partial charge in [-0.1, -0.05) is 41.4 Å². The highest BCUT2D eigenvalue weighted by molar-refractivity contribution is 7.93. The summed E-state index contributed by atoms with van der Waals surface area (Å²) >= 11 is 12.0. The van der Waals surface area contributed by atoms with Gasteiger partial charge in [0.25, 0.3) is 20.0 Å². The van der Waals surface area contributed by atoms with Crippen LogP contribution in [0.4, 0.5) is 17.1 Å². The summed E-state index contributed by atoms with van der Waals surface area (Å²) in [5, 5.41) is 3.41. The summed E-state index contributed by atoms with van der Waals surface area (Å²) in [6.45, 7) is 3.25. The molecule has 42 heavy (non-hydrogen) atoms. The molecule has 0 aliphatic rings. The lowest BCUT2D eigenvalue weighted by molar-refractivity contribution is -0.114. The van der Waals surface area contributed by atoms with Crippen LogP contribution in [-0.2, 0) is 24.8 Å². The number of amides is 1. The van der Waals surface area contributed by atoms with Crippen LogP contribution < -0.4 is 19.1 Å². The van der Waals surface area contributed by atoms with Gasteiger partial charge in [-0.2, -0.15) is 0 Å². The standard InChI is InChI=1S/C29H27Cl2N3O6S2/c1-3-40-28-7-5-4-6-27(28)34(42(38,39)25-14-9-21(30)10-15-25)19-29(35)32-22-12-16-24(17-13-22)41(36,37)33-23-11-8-20(2)26(31)18-23/h4-18,33H,3,19H2,1-2H3,(H,32,35). The van der Waals surface area contributed by atoms with Crippen molar-refractivity contribution >= 4 is 66.2 Å². The van der Waals surface area contributed by atoms with E-state index >= 15 is 0 Å². The molecule has 0 aliphatic carbocycles. The summed E-state index contributed by atoms with van der Waals surface area (Å²) in [4.78, 5) is 13.0. The van der Waals surface area contributed by atoms with Crippen molar-refractivity contribution in [3.63, 3.8) is 0 Å². The molecular formula is C29H27Cl2N3O6S2. The molecule has 2 N–H and O–H groups in total. The summed E-state index contributed by atoms with van der Waals surface area (Å²) in [6.07, 6.45) is 0. The van der Waals surface area contributed by atoms with Gasteiger partial charge in [0.05, 0.1) is 27.8 Å². The molecule has 13 heteroatoms. The number of ether oxygens (including phenoxy) is 1. The highest BCUT2D eigenvalue weighted by Gasteiger charge is 2.29. The van der Waals surface area contributed by atoms with Crippen LogP contribution >= 0.6 is 23.2 Å². The summed E-state index contributed by atoms with van der Waals surface area (Å²) in [5.74, 6) is -0.385. The van der Waals surface area contributed by atoms with Crippen molar-refractivity contribution in [2.45, 2.75) is 23.6 Å². The third kappa shape index (κ3) is 7.35. The molecule has 0 saturated heterocycles. The maximum absolute atomic E-state index is 13.7. The van der Waals surface area contributed by atoms with Crippen molar-refractivity contribution in [3.8, 4) is 5.75 Å². The number of halogens is 2. The molecule has 9 nitrogen and oxygen atoms in total. The van der Waals surface area contributed by atoms with Crippen LogP contribution in [0.5, 0.6) is 5.75 Å². The van der Waals surface area contributed by atoms with Gasteiger partial charge >= 0.3 is 0 Å². The minimum Gasteiger partial charge on any atom is -0.492 e. The number of nitrogens with one attached hydrogen (secondary N) is 2. The van der Waals surface area contributed by atoms with E-state index in [-0.39, 0.29) is 33.5 Å². The number of aryl methyl sites for hydroxylation is 1. The van der Waals surface area contributed by atoms with Crippen LogP contribution in [-0.4, -0.2) is 35.9 Å². The third-order valence-electron chi connectivity index (χ3n) is 6.00. The van der Waals surface area contributed by atoms with Gasteiger partial charge in [-0.3, -0.25) is 13.8 Å². The van der Waals surface area contributed by atoms with Crippen LogP contribution in [0.15, 0.2) is 101 Å². The second-order valence-electron chi connectivity index (χ2n) is 9.01. The molecule has 0 radical (unpaired) electrons. The van der Waals surface area contributed by atoms with E-state index in [2.05, 4.69) is 10.0 Å². The van der Waals surface area contributed by atoms with Gasteiger partial charge in [0.15, 0.2) is 0 Å². The number of hydrogen-bond donors (Lipinski definition) is 2. The smallest absolute Gasteiger partial charge is 0.264 e. The molecule has 0 heterocycles. The van der Waals surface area contributed by atoms with Gasteiger partial charge in [-0.05, 0) is 92.2 Å². The molecule has 0 fully saturated rings. The highest BCUT2D eigenvalue weighted by Crippen LogP contribution is 2.33. The molecule has 0 unspecified atom stereocenters. The highest BCUT2D eigenvalue weighted by atomic mass is 35.5. The molecule has 0 aliphatic heterocycles. The van der Waals surface area contributed by atoms with Gasteiger partial charge in [-0.25, -0.2) is 16.8 Å². The number of carbonyl (C=O) groups is 1. The fraction of sp³-hybridized carbons (Fsp3) is 0.138. The first-order valence-corrected chi connectivity index (χ1v) is 16.3. The number of rotatable bonds is 11. The van der Waals surface area contributed by atoms with Gasteiger partial charge in [0.2, 0.25) is 5.91 Å². The molecule has 4 rings (SSSR count). The predicted octanol–water partition coefficient (Wildman–Crippen LogP) is 6.34. The van der Waals surface area contributed by atoms with Crippen molar-refractivity contribution < 1.29 is 26.4 Å². The van der Waals surface area contributed by atoms with E-state index in [1.54, 1.807) is 50.2 Å². The monoisotopic (exact) mass is 647 g/mol. The normalized spacial score (nSPS) is 11.5. The molecule has 4 aromatic carbocycles. The van der Waals surface area contributed by atoms with Gasteiger partial charge in [0, 0.05) is 15.7 Å². The molecule has 0 atom stereocenters. The average Bonchev–Trinajstić information content (AvgIpc) is 2.95. The van der Waals surface area contributed by atoms with Crippen molar-refractivity contribution in [3.05, 3.63) is 107 Å².